The molecule has 1 aromatic carbocycles. The Morgan fingerprint density at radius 1 is 1.12 bits per heavy atom. The van der Waals surface area contributed by atoms with Gasteiger partial charge in [0.15, 0.2) is 0 Å². The average molecular weight is 224 g/mol. The van der Waals surface area contributed by atoms with E-state index < -0.39 is 0 Å². The lowest BCUT2D eigenvalue weighted by atomic mass is 10.1. The van der Waals surface area contributed by atoms with Gasteiger partial charge in [-0.3, -0.25) is 0 Å². The monoisotopic (exact) mass is 224 g/mol. The summed E-state index contributed by atoms with van der Waals surface area (Å²) >= 11 is 0. The summed E-state index contributed by atoms with van der Waals surface area (Å²) in [4.78, 5) is 0. The third-order valence-electron chi connectivity index (χ3n) is 2.25. The summed E-state index contributed by atoms with van der Waals surface area (Å²) in [6, 6.07) is 5.87. The van der Waals surface area contributed by atoms with E-state index in [1.165, 1.54) is 0 Å². The predicted molar refractivity (Wildman–Crippen MR) is 64.2 cm³/mol. The highest BCUT2D eigenvalue weighted by molar-refractivity contribution is 5.40. The van der Waals surface area contributed by atoms with E-state index in [0.717, 1.165) is 29.9 Å². The first kappa shape index (κ1) is 12.8. The fraction of sp³-hybridized carbons (Fsp3) is 0.538. The van der Waals surface area contributed by atoms with E-state index in [1.807, 2.05) is 32.0 Å². The van der Waals surface area contributed by atoms with E-state index in [-0.39, 0.29) is 6.61 Å². The number of aliphatic hydroxyl groups is 1. The molecule has 0 aliphatic heterocycles. The highest BCUT2D eigenvalue weighted by Gasteiger charge is 2.05. The molecule has 0 radical (unpaired) electrons. The van der Waals surface area contributed by atoms with Gasteiger partial charge in [-0.2, -0.15) is 0 Å². The number of aryl methyl sites for hydroxylation is 1. The average Bonchev–Trinajstić information content (AvgIpc) is 2.29. The smallest absolute Gasteiger partial charge is 0.126 e. The van der Waals surface area contributed by atoms with Crippen LogP contribution >= 0.6 is 0 Å². The minimum atomic E-state index is 0.207. The Kier molecular flexibility index (Phi) is 5.72. The van der Waals surface area contributed by atoms with Gasteiger partial charge in [0.1, 0.15) is 11.5 Å². The summed E-state index contributed by atoms with van der Waals surface area (Å²) in [6.07, 6.45) is 1.59. The van der Waals surface area contributed by atoms with Gasteiger partial charge in [0.2, 0.25) is 0 Å². The van der Waals surface area contributed by atoms with Crippen molar-refractivity contribution in [2.45, 2.75) is 26.7 Å². The van der Waals surface area contributed by atoms with Crippen LogP contribution in [0.5, 0.6) is 11.5 Å². The van der Waals surface area contributed by atoms with Gasteiger partial charge in [-0.15, -0.1) is 0 Å². The van der Waals surface area contributed by atoms with Crippen LogP contribution in [0.25, 0.3) is 0 Å². The maximum absolute atomic E-state index is 8.82. The second-order valence-electron chi connectivity index (χ2n) is 3.46. The first-order valence-electron chi connectivity index (χ1n) is 5.81. The fourth-order valence-corrected chi connectivity index (χ4v) is 1.56. The Morgan fingerprint density at radius 3 is 2.50 bits per heavy atom. The third-order valence-corrected chi connectivity index (χ3v) is 2.25. The first-order valence-corrected chi connectivity index (χ1v) is 5.81. The van der Waals surface area contributed by atoms with Gasteiger partial charge in [0.25, 0.3) is 0 Å². The molecule has 0 spiro atoms. The molecule has 1 aromatic rings. The summed E-state index contributed by atoms with van der Waals surface area (Å²) in [7, 11) is 0. The molecule has 0 heterocycles. The van der Waals surface area contributed by atoms with E-state index >= 15 is 0 Å². The van der Waals surface area contributed by atoms with Gasteiger partial charge < -0.3 is 14.6 Å². The van der Waals surface area contributed by atoms with Crippen LogP contribution in [0.1, 0.15) is 25.8 Å². The minimum absolute atomic E-state index is 0.207. The molecular formula is C13H20O3. The van der Waals surface area contributed by atoms with Crippen molar-refractivity contribution in [1.29, 1.82) is 0 Å². The number of hydrogen-bond acceptors (Lipinski definition) is 3. The van der Waals surface area contributed by atoms with Gasteiger partial charge in [-0.1, -0.05) is 6.07 Å². The van der Waals surface area contributed by atoms with E-state index in [1.54, 1.807) is 0 Å². The molecule has 0 bridgehead atoms. The van der Waals surface area contributed by atoms with Crippen LogP contribution in [-0.2, 0) is 6.42 Å². The molecule has 3 heteroatoms. The van der Waals surface area contributed by atoms with Crippen LogP contribution < -0.4 is 9.47 Å². The van der Waals surface area contributed by atoms with Crippen molar-refractivity contribution in [2.75, 3.05) is 19.8 Å². The van der Waals surface area contributed by atoms with Gasteiger partial charge >= 0.3 is 0 Å². The molecule has 0 aliphatic rings. The molecule has 0 amide bonds. The van der Waals surface area contributed by atoms with Gasteiger partial charge in [-0.05, 0) is 38.3 Å². The second-order valence-corrected chi connectivity index (χ2v) is 3.46. The number of aliphatic hydroxyl groups excluding tert-OH is 1. The van der Waals surface area contributed by atoms with Crippen LogP contribution in [0.15, 0.2) is 18.2 Å². The first-order chi connectivity index (χ1) is 7.81. The normalized spacial score (nSPS) is 10.2. The van der Waals surface area contributed by atoms with Crippen LogP contribution in [0.2, 0.25) is 0 Å². The van der Waals surface area contributed by atoms with Crippen molar-refractivity contribution in [3.63, 3.8) is 0 Å². The number of hydrogen-bond donors (Lipinski definition) is 1. The largest absolute Gasteiger partial charge is 0.494 e. The van der Waals surface area contributed by atoms with E-state index in [2.05, 4.69) is 0 Å². The van der Waals surface area contributed by atoms with Gasteiger partial charge in [0, 0.05) is 12.7 Å². The van der Waals surface area contributed by atoms with Gasteiger partial charge in [-0.25, -0.2) is 0 Å². The van der Waals surface area contributed by atoms with Crippen molar-refractivity contribution < 1.29 is 14.6 Å². The molecule has 0 aliphatic carbocycles. The predicted octanol–water partition coefficient (Wildman–Crippen LogP) is 2.41. The third kappa shape index (κ3) is 3.74. The Labute approximate surface area is 97.0 Å². The molecule has 0 unspecified atom stereocenters. The van der Waals surface area contributed by atoms with E-state index in [9.17, 15) is 0 Å². The zero-order chi connectivity index (χ0) is 11.8. The molecular weight excluding hydrogens is 204 g/mol. The molecule has 1 N–H and O–H groups in total. The quantitative estimate of drug-likeness (QED) is 0.773. The molecule has 3 nitrogen and oxygen atoms in total. The zero-order valence-corrected chi connectivity index (χ0v) is 10.0. The maximum Gasteiger partial charge on any atom is 0.126 e. The SMILES string of the molecule is CCOc1ccc(CCCO)c(OCC)c1. The van der Waals surface area contributed by atoms with Crippen LogP contribution in [0, 0.1) is 0 Å². The Hall–Kier alpha value is -1.22. The van der Waals surface area contributed by atoms with Crippen molar-refractivity contribution >= 4 is 0 Å². The lowest BCUT2D eigenvalue weighted by Crippen LogP contribution is -1.99. The fourth-order valence-electron chi connectivity index (χ4n) is 1.56. The Bertz CT molecular complexity index is 310. The highest BCUT2D eigenvalue weighted by Crippen LogP contribution is 2.26. The molecule has 0 aromatic heterocycles. The van der Waals surface area contributed by atoms with Crippen LogP contribution in [-0.4, -0.2) is 24.9 Å². The van der Waals surface area contributed by atoms with Crippen LogP contribution in [0.4, 0.5) is 0 Å². The zero-order valence-electron chi connectivity index (χ0n) is 10.0. The lowest BCUT2D eigenvalue weighted by Gasteiger charge is -2.12. The summed E-state index contributed by atoms with van der Waals surface area (Å²) < 4.78 is 11.0. The summed E-state index contributed by atoms with van der Waals surface area (Å²) in [5, 5.41) is 8.82. The Balaban J connectivity index is 2.80. The molecule has 0 saturated carbocycles. The number of ether oxygens (including phenoxy) is 2. The molecule has 16 heavy (non-hydrogen) atoms. The van der Waals surface area contributed by atoms with Crippen molar-refractivity contribution in [3.8, 4) is 11.5 Å². The van der Waals surface area contributed by atoms with E-state index in [0.29, 0.717) is 13.2 Å². The summed E-state index contributed by atoms with van der Waals surface area (Å²) in [5.41, 5.74) is 1.12. The highest BCUT2D eigenvalue weighted by atomic mass is 16.5. The van der Waals surface area contributed by atoms with Crippen LogP contribution in [0.3, 0.4) is 0 Å². The minimum Gasteiger partial charge on any atom is -0.494 e. The summed E-state index contributed by atoms with van der Waals surface area (Å²) in [5.74, 6) is 1.69. The van der Waals surface area contributed by atoms with Crippen molar-refractivity contribution in [1.82, 2.24) is 0 Å². The van der Waals surface area contributed by atoms with E-state index in [4.69, 9.17) is 14.6 Å². The molecule has 0 fully saturated rings. The lowest BCUT2D eigenvalue weighted by molar-refractivity contribution is 0.286. The van der Waals surface area contributed by atoms with Crippen molar-refractivity contribution in [3.05, 3.63) is 23.8 Å². The molecule has 0 atom stereocenters. The maximum atomic E-state index is 8.82. The molecule has 1 rings (SSSR count). The number of benzene rings is 1. The summed E-state index contributed by atoms with van der Waals surface area (Å²) in [6.45, 7) is 5.42. The van der Waals surface area contributed by atoms with Crippen molar-refractivity contribution in [2.24, 2.45) is 0 Å². The standard InChI is InChI=1S/C13H20O3/c1-3-15-12-8-7-11(6-5-9-14)13(10-12)16-4-2/h7-8,10,14H,3-6,9H2,1-2H3. The topological polar surface area (TPSA) is 38.7 Å². The van der Waals surface area contributed by atoms with Gasteiger partial charge in [0.05, 0.1) is 13.2 Å². The molecule has 0 saturated heterocycles. The number of rotatable bonds is 7. The molecule has 90 valence electrons. The second kappa shape index (κ2) is 7.12. The Morgan fingerprint density at radius 2 is 1.88 bits per heavy atom.